The number of carbonyl (C=O) groups is 1. The third-order valence-corrected chi connectivity index (χ3v) is 7.81. The van der Waals surface area contributed by atoms with Gasteiger partial charge in [0.15, 0.2) is 10.9 Å². The molecule has 2 atom stereocenters. The summed E-state index contributed by atoms with van der Waals surface area (Å²) in [6, 6.07) is 7.51. The summed E-state index contributed by atoms with van der Waals surface area (Å²) >= 11 is 1.45. The number of ketones is 1. The van der Waals surface area contributed by atoms with Crippen molar-refractivity contribution in [3.05, 3.63) is 24.3 Å². The lowest BCUT2D eigenvalue weighted by Gasteiger charge is -2.25. The Morgan fingerprint density at radius 2 is 1.92 bits per heavy atom. The molecule has 142 valence electrons. The highest BCUT2D eigenvalue weighted by atomic mass is 32.2. The molecule has 1 aromatic heterocycles. The van der Waals surface area contributed by atoms with Gasteiger partial charge in [0.1, 0.15) is 0 Å². The summed E-state index contributed by atoms with van der Waals surface area (Å²) < 4.78 is 26.2. The molecule has 0 saturated heterocycles. The van der Waals surface area contributed by atoms with E-state index in [1.807, 2.05) is 42.7 Å². The Bertz CT molecular complexity index is 841. The van der Waals surface area contributed by atoms with E-state index in [1.165, 1.54) is 11.8 Å². The summed E-state index contributed by atoms with van der Waals surface area (Å²) in [7, 11) is -3.30. The minimum Gasteiger partial charge on any atom is -0.314 e. The van der Waals surface area contributed by atoms with Gasteiger partial charge in [-0.05, 0) is 26.0 Å². The normalized spacial score (nSPS) is 20.0. The van der Waals surface area contributed by atoms with Crippen molar-refractivity contribution >= 4 is 36.2 Å². The fourth-order valence-corrected chi connectivity index (χ4v) is 6.81. The Morgan fingerprint density at radius 1 is 1.27 bits per heavy atom. The van der Waals surface area contributed by atoms with Gasteiger partial charge in [0.05, 0.1) is 41.7 Å². The predicted molar refractivity (Wildman–Crippen MR) is 104 cm³/mol. The van der Waals surface area contributed by atoms with Crippen LogP contribution in [0.5, 0.6) is 0 Å². The first-order valence-electron chi connectivity index (χ1n) is 8.95. The minimum atomic E-state index is -3.30. The molecule has 8 heteroatoms. The number of carbonyl (C=O) groups excluding carboxylic acids is 1. The highest BCUT2D eigenvalue weighted by molar-refractivity contribution is 8.00. The Kier molecular flexibility index (Phi) is 5.92. The SMILES string of the molecule is CCOP(=O)(C[C@H]1[C@H](C(=O)C(C)C)Sc2nc3ccccc3n21)OCC. The Labute approximate surface area is 158 Å². The topological polar surface area (TPSA) is 70.4 Å². The molecule has 6 nitrogen and oxygen atoms in total. The van der Waals surface area contributed by atoms with Crippen LogP contribution in [0.1, 0.15) is 33.7 Å². The number of rotatable bonds is 8. The van der Waals surface area contributed by atoms with Crippen molar-refractivity contribution in [2.24, 2.45) is 5.92 Å². The molecule has 3 rings (SSSR count). The van der Waals surface area contributed by atoms with Gasteiger partial charge in [-0.25, -0.2) is 4.98 Å². The number of benzene rings is 1. The van der Waals surface area contributed by atoms with Crippen molar-refractivity contribution in [2.75, 3.05) is 19.4 Å². The van der Waals surface area contributed by atoms with E-state index in [9.17, 15) is 9.36 Å². The fourth-order valence-electron chi connectivity index (χ4n) is 3.27. The average molecular weight is 396 g/mol. The molecular weight excluding hydrogens is 371 g/mol. The van der Waals surface area contributed by atoms with Gasteiger partial charge in [0.2, 0.25) is 0 Å². The molecule has 0 amide bonds. The molecule has 0 bridgehead atoms. The standard InChI is InChI=1S/C18H25N2O4PS/c1-5-23-25(22,24-6-2)11-15-17(16(21)12(3)4)26-18-19-13-9-7-8-10-14(13)20(15)18/h7-10,12,15,17H,5-6,11H2,1-4H3/t15-,17+/m0/s1. The van der Waals surface area contributed by atoms with Gasteiger partial charge in [0.25, 0.3) is 0 Å². The van der Waals surface area contributed by atoms with Gasteiger partial charge >= 0.3 is 7.60 Å². The first-order chi connectivity index (χ1) is 12.4. The van der Waals surface area contributed by atoms with Crippen LogP contribution >= 0.6 is 19.4 Å². The van der Waals surface area contributed by atoms with E-state index in [1.54, 1.807) is 13.8 Å². The van der Waals surface area contributed by atoms with Crippen molar-refractivity contribution in [1.82, 2.24) is 9.55 Å². The van der Waals surface area contributed by atoms with E-state index in [0.29, 0.717) is 13.2 Å². The van der Waals surface area contributed by atoms with Crippen LogP contribution in [0.4, 0.5) is 0 Å². The summed E-state index contributed by atoms with van der Waals surface area (Å²) in [5, 5.41) is 0.450. The van der Waals surface area contributed by atoms with Crippen molar-refractivity contribution in [2.45, 2.75) is 44.1 Å². The van der Waals surface area contributed by atoms with Crippen LogP contribution in [0.3, 0.4) is 0 Å². The van der Waals surface area contributed by atoms with Gasteiger partial charge in [-0.15, -0.1) is 0 Å². The number of hydrogen-bond acceptors (Lipinski definition) is 6. The zero-order chi connectivity index (χ0) is 18.9. The van der Waals surface area contributed by atoms with Crippen LogP contribution in [0.2, 0.25) is 0 Å². The molecule has 0 saturated carbocycles. The van der Waals surface area contributed by atoms with Crippen LogP contribution in [-0.2, 0) is 18.4 Å². The molecule has 0 unspecified atom stereocenters. The predicted octanol–water partition coefficient (Wildman–Crippen LogP) is 4.54. The zero-order valence-electron chi connectivity index (χ0n) is 15.5. The van der Waals surface area contributed by atoms with E-state index < -0.39 is 7.60 Å². The number of nitrogens with zero attached hydrogens (tertiary/aromatic N) is 2. The molecule has 1 aliphatic rings. The van der Waals surface area contributed by atoms with Crippen molar-refractivity contribution in [1.29, 1.82) is 0 Å². The van der Waals surface area contributed by atoms with Crippen molar-refractivity contribution in [3.8, 4) is 0 Å². The number of para-hydroxylation sites is 2. The zero-order valence-corrected chi connectivity index (χ0v) is 17.3. The van der Waals surface area contributed by atoms with Gasteiger partial charge in [-0.1, -0.05) is 37.7 Å². The molecule has 0 N–H and O–H groups in total. The molecule has 0 radical (unpaired) electrons. The van der Waals surface area contributed by atoms with Gasteiger partial charge in [0, 0.05) is 5.92 Å². The highest BCUT2D eigenvalue weighted by Crippen LogP contribution is 2.55. The molecule has 2 aromatic rings. The monoisotopic (exact) mass is 396 g/mol. The van der Waals surface area contributed by atoms with Gasteiger partial charge in [-0.3, -0.25) is 9.36 Å². The summed E-state index contributed by atoms with van der Waals surface area (Å²) in [5.74, 6) is 0.0265. The minimum absolute atomic E-state index is 0.107. The molecule has 26 heavy (non-hydrogen) atoms. The average Bonchev–Trinajstić information content (AvgIpc) is 3.11. The van der Waals surface area contributed by atoms with Crippen LogP contribution in [0, 0.1) is 5.92 Å². The maximum Gasteiger partial charge on any atom is 0.332 e. The third-order valence-electron chi connectivity index (χ3n) is 4.39. The maximum atomic E-state index is 13.2. The molecule has 0 fully saturated rings. The number of fused-ring (bicyclic) bond motifs is 3. The van der Waals surface area contributed by atoms with E-state index >= 15 is 0 Å². The first-order valence-corrected chi connectivity index (χ1v) is 11.6. The smallest absolute Gasteiger partial charge is 0.314 e. The molecule has 0 spiro atoms. The van der Waals surface area contributed by atoms with Crippen LogP contribution in [0.15, 0.2) is 29.4 Å². The lowest BCUT2D eigenvalue weighted by Crippen LogP contribution is -2.30. The Hall–Kier alpha value is -1.14. The largest absolute Gasteiger partial charge is 0.332 e. The first kappa shape index (κ1) is 19.6. The maximum absolute atomic E-state index is 13.2. The van der Waals surface area contributed by atoms with Crippen LogP contribution in [-0.4, -0.2) is 40.0 Å². The van der Waals surface area contributed by atoms with Gasteiger partial charge in [-0.2, -0.15) is 0 Å². The van der Waals surface area contributed by atoms with Gasteiger partial charge < -0.3 is 13.6 Å². The summed E-state index contributed by atoms with van der Waals surface area (Å²) in [6.07, 6.45) is 0.165. The number of thioether (sulfide) groups is 1. The van der Waals surface area contributed by atoms with E-state index in [-0.39, 0.29) is 29.2 Å². The second-order valence-electron chi connectivity index (χ2n) is 6.54. The molecule has 2 heterocycles. The summed E-state index contributed by atoms with van der Waals surface area (Å²) in [6.45, 7) is 7.98. The molecule has 1 aromatic carbocycles. The second kappa shape index (κ2) is 7.85. The van der Waals surface area contributed by atoms with E-state index in [2.05, 4.69) is 4.98 Å². The number of imidazole rings is 1. The van der Waals surface area contributed by atoms with E-state index in [4.69, 9.17) is 9.05 Å². The van der Waals surface area contributed by atoms with Crippen molar-refractivity contribution < 1.29 is 18.4 Å². The summed E-state index contributed by atoms with van der Waals surface area (Å²) in [5.41, 5.74) is 1.82. The third kappa shape index (κ3) is 3.63. The Balaban J connectivity index is 2.05. The molecule has 1 aliphatic heterocycles. The van der Waals surface area contributed by atoms with Crippen LogP contribution in [0.25, 0.3) is 11.0 Å². The molecule has 0 aliphatic carbocycles. The number of aromatic nitrogens is 2. The number of hydrogen-bond donors (Lipinski definition) is 0. The number of Topliss-reactive ketones (excluding diaryl/α,β-unsaturated/α-hetero) is 1. The van der Waals surface area contributed by atoms with Crippen molar-refractivity contribution in [3.63, 3.8) is 0 Å². The fraction of sp³-hybridized carbons (Fsp3) is 0.556. The summed E-state index contributed by atoms with van der Waals surface area (Å²) in [4.78, 5) is 17.5. The Morgan fingerprint density at radius 3 is 2.54 bits per heavy atom. The van der Waals surface area contributed by atoms with Crippen LogP contribution < -0.4 is 0 Å². The second-order valence-corrected chi connectivity index (χ2v) is 9.76. The van der Waals surface area contributed by atoms with E-state index in [0.717, 1.165) is 16.2 Å². The lowest BCUT2D eigenvalue weighted by atomic mass is 10.0. The quantitative estimate of drug-likeness (QED) is 0.610. The molecular formula is C18H25N2O4PS. The highest BCUT2D eigenvalue weighted by Gasteiger charge is 2.45. The lowest BCUT2D eigenvalue weighted by molar-refractivity contribution is -0.121.